The van der Waals surface area contributed by atoms with Gasteiger partial charge in [-0.05, 0) is 5.92 Å². The lowest BCUT2D eigenvalue weighted by Gasteiger charge is -2.37. The highest BCUT2D eigenvalue weighted by Gasteiger charge is 2.37. The molecule has 2 fully saturated rings. The Kier molecular flexibility index (Phi) is 4.27. The molecule has 3 nitrogen and oxygen atoms in total. The topological polar surface area (TPSA) is 23.6 Å². The van der Waals surface area contributed by atoms with Crippen LogP contribution in [0.15, 0.2) is 0 Å². The summed E-state index contributed by atoms with van der Waals surface area (Å²) in [6.07, 6.45) is 0. The van der Waals surface area contributed by atoms with Crippen LogP contribution < -0.4 is 0 Å². The number of hydrogen-bond acceptors (Lipinski definition) is 3. The fraction of sp³-hybridized carbons (Fsp3) is 0.929. The summed E-state index contributed by atoms with van der Waals surface area (Å²) in [5, 5.41) is 0. The van der Waals surface area contributed by atoms with E-state index in [9.17, 15) is 4.79 Å². The Morgan fingerprint density at radius 3 is 2.61 bits per heavy atom. The smallest absolute Gasteiger partial charge is 0.228 e. The maximum Gasteiger partial charge on any atom is 0.228 e. The first kappa shape index (κ1) is 14.2. The molecule has 0 aromatic heterocycles. The Labute approximate surface area is 115 Å². The second-order valence-corrected chi connectivity index (χ2v) is 7.82. The monoisotopic (exact) mass is 270 g/mol. The van der Waals surface area contributed by atoms with E-state index in [0.717, 1.165) is 25.4 Å². The quantitative estimate of drug-likeness (QED) is 0.672. The third kappa shape index (κ3) is 3.02. The Morgan fingerprint density at radius 2 is 1.94 bits per heavy atom. The summed E-state index contributed by atoms with van der Waals surface area (Å²) in [4.78, 5) is 17.3. The van der Waals surface area contributed by atoms with Gasteiger partial charge in [-0.3, -0.25) is 4.79 Å². The number of fused-ring (bicyclic) bond motifs is 3. The third-order valence-electron chi connectivity index (χ3n) is 4.00. The maximum absolute atomic E-state index is 12.6. The summed E-state index contributed by atoms with van der Waals surface area (Å²) in [5.74, 6) is 3.23. The van der Waals surface area contributed by atoms with Crippen LogP contribution in [0.25, 0.3) is 0 Å². The van der Waals surface area contributed by atoms with Gasteiger partial charge in [-0.1, -0.05) is 27.7 Å². The molecule has 0 N–H and O–H groups in total. The molecule has 3 unspecified atom stereocenters. The predicted molar refractivity (Wildman–Crippen MR) is 77.9 cm³/mol. The highest BCUT2D eigenvalue weighted by molar-refractivity contribution is 7.99. The molecular weight excluding hydrogens is 244 g/mol. The average molecular weight is 270 g/mol. The molecule has 0 spiro atoms. The fourth-order valence-electron chi connectivity index (χ4n) is 2.88. The van der Waals surface area contributed by atoms with Crippen molar-refractivity contribution >= 4 is 17.7 Å². The van der Waals surface area contributed by atoms with Gasteiger partial charge in [0.05, 0.1) is 0 Å². The lowest BCUT2D eigenvalue weighted by atomic mass is 9.92. The van der Waals surface area contributed by atoms with Crippen molar-refractivity contribution in [2.45, 2.75) is 33.7 Å². The molecule has 1 amide bonds. The van der Waals surface area contributed by atoms with Crippen LogP contribution in [-0.2, 0) is 4.79 Å². The zero-order chi connectivity index (χ0) is 13.3. The van der Waals surface area contributed by atoms with Crippen molar-refractivity contribution in [3.05, 3.63) is 0 Å². The third-order valence-corrected chi connectivity index (χ3v) is 5.05. The maximum atomic E-state index is 12.6. The Balaban J connectivity index is 2.21. The molecule has 3 atom stereocenters. The van der Waals surface area contributed by atoms with Gasteiger partial charge in [0, 0.05) is 49.1 Å². The lowest BCUT2D eigenvalue weighted by molar-refractivity contribution is -0.141. The van der Waals surface area contributed by atoms with Crippen molar-refractivity contribution in [2.75, 3.05) is 37.7 Å². The number of carbonyl (C=O) groups is 1. The lowest BCUT2D eigenvalue weighted by Crippen LogP contribution is -2.50. The molecule has 0 aromatic rings. The molecule has 2 rings (SSSR count). The SMILES string of the molecule is CC1CN2CCSCC1N(C(=O)C(C)(C)C)CC2. The Bertz CT molecular complexity index is 313. The van der Waals surface area contributed by atoms with Crippen molar-refractivity contribution < 1.29 is 4.79 Å². The van der Waals surface area contributed by atoms with Crippen LogP contribution in [0.4, 0.5) is 0 Å². The van der Waals surface area contributed by atoms with Crippen molar-refractivity contribution in [1.82, 2.24) is 9.80 Å². The standard InChI is InChI=1S/C14H26N2OS/c1-11-9-15-5-6-16(13(17)14(2,3)4)12(11)10-18-8-7-15/h11-12H,5-10H2,1-4H3. The summed E-state index contributed by atoms with van der Waals surface area (Å²) in [5.41, 5.74) is -0.258. The minimum absolute atomic E-state index is 0.258. The fourth-order valence-corrected chi connectivity index (χ4v) is 4.18. The number of thioether (sulfide) groups is 1. The molecule has 0 aromatic carbocycles. The van der Waals surface area contributed by atoms with Gasteiger partial charge in [-0.15, -0.1) is 0 Å². The van der Waals surface area contributed by atoms with E-state index >= 15 is 0 Å². The second-order valence-electron chi connectivity index (χ2n) is 6.67. The van der Waals surface area contributed by atoms with Gasteiger partial charge in [0.25, 0.3) is 0 Å². The summed E-state index contributed by atoms with van der Waals surface area (Å²) in [6, 6.07) is 0.423. The van der Waals surface area contributed by atoms with E-state index in [1.54, 1.807) is 0 Å². The molecule has 2 aliphatic heterocycles. The van der Waals surface area contributed by atoms with Crippen LogP contribution >= 0.6 is 11.8 Å². The van der Waals surface area contributed by atoms with Crippen molar-refractivity contribution in [3.63, 3.8) is 0 Å². The largest absolute Gasteiger partial charge is 0.337 e. The van der Waals surface area contributed by atoms with Crippen LogP contribution in [0.1, 0.15) is 27.7 Å². The van der Waals surface area contributed by atoms with Gasteiger partial charge < -0.3 is 9.80 Å². The number of carbonyl (C=O) groups excluding carboxylic acids is 1. The molecule has 0 saturated carbocycles. The van der Waals surface area contributed by atoms with E-state index in [1.165, 1.54) is 12.3 Å². The van der Waals surface area contributed by atoms with E-state index in [-0.39, 0.29) is 5.41 Å². The van der Waals surface area contributed by atoms with Gasteiger partial charge in [0.15, 0.2) is 0 Å². The zero-order valence-corrected chi connectivity index (χ0v) is 12.9. The highest BCUT2D eigenvalue weighted by Crippen LogP contribution is 2.28. The van der Waals surface area contributed by atoms with Crippen molar-refractivity contribution in [2.24, 2.45) is 11.3 Å². The molecule has 2 aliphatic rings. The first-order chi connectivity index (χ1) is 8.39. The molecule has 104 valence electrons. The Hall–Kier alpha value is -0.220. The molecule has 2 heterocycles. The molecule has 2 bridgehead atoms. The van der Waals surface area contributed by atoms with Crippen LogP contribution in [0, 0.1) is 11.3 Å². The first-order valence-corrected chi connectivity index (χ1v) is 8.16. The normalized spacial score (nSPS) is 33.8. The van der Waals surface area contributed by atoms with Crippen LogP contribution in [-0.4, -0.2) is 59.4 Å². The summed E-state index contributed by atoms with van der Waals surface area (Å²) < 4.78 is 0. The van der Waals surface area contributed by atoms with Crippen LogP contribution in [0.3, 0.4) is 0 Å². The van der Waals surface area contributed by atoms with E-state index in [4.69, 9.17) is 0 Å². The minimum atomic E-state index is -0.258. The van der Waals surface area contributed by atoms with Gasteiger partial charge >= 0.3 is 0 Å². The van der Waals surface area contributed by atoms with Gasteiger partial charge in [-0.2, -0.15) is 11.8 Å². The van der Waals surface area contributed by atoms with Crippen LogP contribution in [0.2, 0.25) is 0 Å². The highest BCUT2D eigenvalue weighted by atomic mass is 32.2. The number of rotatable bonds is 0. The first-order valence-electron chi connectivity index (χ1n) is 7.01. The number of nitrogens with zero attached hydrogens (tertiary/aromatic N) is 2. The predicted octanol–water partition coefficient (Wildman–Crippen LogP) is 1.93. The molecule has 4 heteroatoms. The van der Waals surface area contributed by atoms with Gasteiger partial charge in [-0.25, -0.2) is 0 Å². The van der Waals surface area contributed by atoms with Crippen molar-refractivity contribution in [1.29, 1.82) is 0 Å². The second kappa shape index (κ2) is 5.41. The van der Waals surface area contributed by atoms with Gasteiger partial charge in [0.2, 0.25) is 5.91 Å². The van der Waals surface area contributed by atoms with E-state index in [1.807, 2.05) is 32.5 Å². The minimum Gasteiger partial charge on any atom is -0.337 e. The Morgan fingerprint density at radius 1 is 1.22 bits per heavy atom. The van der Waals surface area contributed by atoms with Crippen LogP contribution in [0.5, 0.6) is 0 Å². The van der Waals surface area contributed by atoms with E-state index in [2.05, 4.69) is 16.7 Å². The molecule has 0 radical (unpaired) electrons. The summed E-state index contributed by atoms with van der Waals surface area (Å²) in [7, 11) is 0. The van der Waals surface area contributed by atoms with E-state index < -0.39 is 0 Å². The van der Waals surface area contributed by atoms with Crippen molar-refractivity contribution in [3.8, 4) is 0 Å². The molecular formula is C14H26N2OS. The molecule has 18 heavy (non-hydrogen) atoms. The zero-order valence-electron chi connectivity index (χ0n) is 12.1. The average Bonchev–Trinajstić information content (AvgIpc) is 2.34. The number of amides is 1. The number of hydrogen-bond donors (Lipinski definition) is 0. The van der Waals surface area contributed by atoms with E-state index in [0.29, 0.717) is 17.9 Å². The molecule has 0 aliphatic carbocycles. The van der Waals surface area contributed by atoms with Gasteiger partial charge in [0.1, 0.15) is 0 Å². The molecule has 2 saturated heterocycles. The summed E-state index contributed by atoms with van der Waals surface area (Å²) >= 11 is 2.01. The summed E-state index contributed by atoms with van der Waals surface area (Å²) in [6.45, 7) is 12.7.